The van der Waals surface area contributed by atoms with Crippen LogP contribution < -0.4 is 11.1 Å². The van der Waals surface area contributed by atoms with Crippen molar-refractivity contribution in [1.29, 1.82) is 0 Å². The van der Waals surface area contributed by atoms with Gasteiger partial charge in [-0.2, -0.15) is 0 Å². The van der Waals surface area contributed by atoms with Crippen molar-refractivity contribution in [2.45, 2.75) is 42.9 Å². The van der Waals surface area contributed by atoms with E-state index in [9.17, 15) is 8.42 Å². The first-order chi connectivity index (χ1) is 8.43. The minimum atomic E-state index is -3.26. The number of halogens is 1. The van der Waals surface area contributed by atoms with Crippen molar-refractivity contribution in [3.05, 3.63) is 23.8 Å². The molecule has 1 aliphatic heterocycles. The zero-order chi connectivity index (χ0) is 13.3. The number of nitrogen functional groups attached to an aromatic ring is 1. The third-order valence-corrected chi connectivity index (χ3v) is 5.62. The van der Waals surface area contributed by atoms with E-state index in [0.717, 1.165) is 24.9 Å². The molecule has 0 radical (unpaired) electrons. The van der Waals surface area contributed by atoms with Gasteiger partial charge in [-0.05, 0) is 57.0 Å². The van der Waals surface area contributed by atoms with Crippen molar-refractivity contribution in [2.24, 2.45) is 0 Å². The third kappa shape index (κ3) is 3.22. The fourth-order valence-electron chi connectivity index (χ4n) is 2.30. The molecule has 0 aliphatic carbocycles. The Labute approximate surface area is 121 Å². The van der Waals surface area contributed by atoms with Gasteiger partial charge in [-0.3, -0.25) is 0 Å². The van der Waals surface area contributed by atoms with Gasteiger partial charge in [-0.15, -0.1) is 12.4 Å². The van der Waals surface area contributed by atoms with Gasteiger partial charge in [-0.25, -0.2) is 8.42 Å². The molecule has 1 aromatic rings. The zero-order valence-electron chi connectivity index (χ0n) is 11.2. The lowest BCUT2D eigenvalue weighted by Crippen LogP contribution is -2.20. The van der Waals surface area contributed by atoms with Crippen molar-refractivity contribution in [2.75, 3.05) is 12.3 Å². The SMILES string of the molecule is CC(C)S(=O)(=O)c1ccc(N)cc1C1CCCN1.Cl. The standard InChI is InChI=1S/C13H20N2O2S.ClH/c1-9(2)18(16,17)13-6-5-10(14)8-11(13)12-4-3-7-15-12;/h5-6,8-9,12,15H,3-4,7,14H2,1-2H3;1H. The molecule has 6 heteroatoms. The van der Waals surface area contributed by atoms with E-state index in [4.69, 9.17) is 5.73 Å². The van der Waals surface area contributed by atoms with Crippen molar-refractivity contribution in [1.82, 2.24) is 5.32 Å². The van der Waals surface area contributed by atoms with Crippen LogP contribution >= 0.6 is 12.4 Å². The molecule has 1 unspecified atom stereocenters. The summed E-state index contributed by atoms with van der Waals surface area (Å²) in [6.45, 7) is 4.34. The summed E-state index contributed by atoms with van der Waals surface area (Å²) in [5.41, 5.74) is 7.22. The minimum absolute atomic E-state index is 0. The molecule has 0 spiro atoms. The lowest BCUT2D eigenvalue weighted by atomic mass is 10.0. The van der Waals surface area contributed by atoms with E-state index in [1.807, 2.05) is 0 Å². The Morgan fingerprint density at radius 1 is 1.37 bits per heavy atom. The van der Waals surface area contributed by atoms with E-state index < -0.39 is 15.1 Å². The maximum atomic E-state index is 12.4. The van der Waals surface area contributed by atoms with Crippen LogP contribution in [0.2, 0.25) is 0 Å². The number of sulfone groups is 1. The quantitative estimate of drug-likeness (QED) is 0.841. The van der Waals surface area contributed by atoms with Crippen molar-refractivity contribution >= 4 is 27.9 Å². The molecule has 1 aromatic carbocycles. The van der Waals surface area contributed by atoms with Crippen LogP contribution in [0.5, 0.6) is 0 Å². The monoisotopic (exact) mass is 304 g/mol. The Kier molecular flexibility index (Phi) is 5.24. The molecule has 1 saturated heterocycles. The summed E-state index contributed by atoms with van der Waals surface area (Å²) in [5, 5.41) is 2.92. The highest BCUT2D eigenvalue weighted by molar-refractivity contribution is 7.92. The topological polar surface area (TPSA) is 72.2 Å². The molecule has 108 valence electrons. The van der Waals surface area contributed by atoms with Gasteiger partial charge in [0.25, 0.3) is 0 Å². The summed E-state index contributed by atoms with van der Waals surface area (Å²) in [6, 6.07) is 5.20. The minimum Gasteiger partial charge on any atom is -0.399 e. The Morgan fingerprint density at radius 2 is 2.05 bits per heavy atom. The van der Waals surface area contributed by atoms with Crippen molar-refractivity contribution in [3.8, 4) is 0 Å². The third-order valence-electron chi connectivity index (χ3n) is 3.40. The van der Waals surface area contributed by atoms with Crippen molar-refractivity contribution in [3.63, 3.8) is 0 Å². The molecule has 19 heavy (non-hydrogen) atoms. The van der Waals surface area contributed by atoms with Gasteiger partial charge >= 0.3 is 0 Å². The van der Waals surface area contributed by atoms with E-state index in [2.05, 4.69) is 5.32 Å². The predicted octanol–water partition coefficient (Wildman–Crippen LogP) is 2.30. The van der Waals surface area contributed by atoms with Crippen LogP contribution in [0.4, 0.5) is 5.69 Å². The maximum Gasteiger partial charge on any atom is 0.181 e. The first-order valence-electron chi connectivity index (χ1n) is 6.29. The van der Waals surface area contributed by atoms with E-state index in [0.29, 0.717) is 10.6 Å². The van der Waals surface area contributed by atoms with E-state index in [-0.39, 0.29) is 18.4 Å². The highest BCUT2D eigenvalue weighted by Gasteiger charge is 2.27. The van der Waals surface area contributed by atoms with E-state index in [1.54, 1.807) is 32.0 Å². The highest BCUT2D eigenvalue weighted by Crippen LogP contribution is 2.32. The van der Waals surface area contributed by atoms with Gasteiger partial charge < -0.3 is 11.1 Å². The average molecular weight is 305 g/mol. The second-order valence-electron chi connectivity index (χ2n) is 5.04. The van der Waals surface area contributed by atoms with Crippen LogP contribution in [0.25, 0.3) is 0 Å². The zero-order valence-corrected chi connectivity index (χ0v) is 12.9. The van der Waals surface area contributed by atoms with Gasteiger partial charge in [0.1, 0.15) is 0 Å². The Bertz CT molecular complexity index is 538. The molecule has 1 fully saturated rings. The first-order valence-corrected chi connectivity index (χ1v) is 7.84. The van der Waals surface area contributed by atoms with E-state index in [1.165, 1.54) is 0 Å². The van der Waals surface area contributed by atoms with Gasteiger partial charge in [0, 0.05) is 11.7 Å². The Morgan fingerprint density at radius 3 is 2.58 bits per heavy atom. The maximum absolute atomic E-state index is 12.4. The van der Waals surface area contributed by atoms with Gasteiger partial charge in [0.05, 0.1) is 10.1 Å². The summed E-state index contributed by atoms with van der Waals surface area (Å²) in [6.07, 6.45) is 2.03. The molecule has 1 heterocycles. The number of nitrogens with two attached hydrogens (primary N) is 1. The number of rotatable bonds is 3. The number of nitrogens with one attached hydrogen (secondary N) is 1. The molecular formula is C13H21ClN2O2S. The second-order valence-corrected chi connectivity index (χ2v) is 7.51. The van der Waals surface area contributed by atoms with Crippen LogP contribution in [-0.4, -0.2) is 20.2 Å². The fraction of sp³-hybridized carbons (Fsp3) is 0.538. The van der Waals surface area contributed by atoms with Crippen LogP contribution in [0, 0.1) is 0 Å². The summed E-state index contributed by atoms with van der Waals surface area (Å²) in [5.74, 6) is 0. The average Bonchev–Trinajstić information content (AvgIpc) is 2.81. The summed E-state index contributed by atoms with van der Waals surface area (Å²) in [7, 11) is -3.26. The fourth-order valence-corrected chi connectivity index (χ4v) is 3.60. The second kappa shape index (κ2) is 6.11. The summed E-state index contributed by atoms with van der Waals surface area (Å²) in [4.78, 5) is 0.422. The summed E-state index contributed by atoms with van der Waals surface area (Å²) >= 11 is 0. The first kappa shape index (κ1) is 16.3. The van der Waals surface area contributed by atoms with Crippen molar-refractivity contribution < 1.29 is 8.42 Å². The van der Waals surface area contributed by atoms with Crippen LogP contribution in [-0.2, 0) is 9.84 Å². The highest BCUT2D eigenvalue weighted by atomic mass is 35.5. The number of benzene rings is 1. The van der Waals surface area contributed by atoms with Crippen LogP contribution in [0.1, 0.15) is 38.3 Å². The van der Waals surface area contributed by atoms with Crippen LogP contribution in [0.15, 0.2) is 23.1 Å². The molecule has 4 nitrogen and oxygen atoms in total. The molecular weight excluding hydrogens is 284 g/mol. The lowest BCUT2D eigenvalue weighted by Gasteiger charge is -2.18. The Hall–Kier alpha value is -0.780. The number of hydrogen-bond donors (Lipinski definition) is 2. The molecule has 2 rings (SSSR count). The van der Waals surface area contributed by atoms with Gasteiger partial charge in [0.2, 0.25) is 0 Å². The van der Waals surface area contributed by atoms with Gasteiger partial charge in [0.15, 0.2) is 9.84 Å². The lowest BCUT2D eigenvalue weighted by molar-refractivity contribution is 0.579. The molecule has 0 amide bonds. The van der Waals surface area contributed by atoms with Gasteiger partial charge in [-0.1, -0.05) is 0 Å². The molecule has 0 bridgehead atoms. The largest absolute Gasteiger partial charge is 0.399 e. The van der Waals surface area contributed by atoms with E-state index >= 15 is 0 Å². The molecule has 3 N–H and O–H groups in total. The summed E-state index contributed by atoms with van der Waals surface area (Å²) < 4.78 is 24.7. The smallest absolute Gasteiger partial charge is 0.181 e. The number of anilines is 1. The molecule has 0 saturated carbocycles. The molecule has 1 aliphatic rings. The number of hydrogen-bond acceptors (Lipinski definition) is 4. The normalized spacial score (nSPS) is 19.4. The van der Waals surface area contributed by atoms with Crippen LogP contribution in [0.3, 0.4) is 0 Å². The predicted molar refractivity (Wildman–Crippen MR) is 80.4 cm³/mol. The molecule has 0 aromatic heterocycles. The Balaban J connectivity index is 0.00000180. The molecule has 1 atom stereocenters.